The fraction of sp³-hybridized carbons (Fsp3) is 0.447. The summed E-state index contributed by atoms with van der Waals surface area (Å²) in [5.74, 6) is 2.21. The molecule has 8 aliphatic rings. The number of carbonyl (C=O) groups excluding carboxylic acids is 2. The third-order valence-corrected chi connectivity index (χ3v) is 20.7. The molecule has 4 heterocycles. The monoisotopic (exact) mass is 1120 g/mol. The van der Waals surface area contributed by atoms with Gasteiger partial charge in [-0.1, -0.05) is 150 Å². The third kappa shape index (κ3) is 11.3. The van der Waals surface area contributed by atoms with Crippen molar-refractivity contribution in [3.05, 3.63) is 190 Å². The Morgan fingerprint density at radius 1 is 0.310 bits per heavy atom. The van der Waals surface area contributed by atoms with Gasteiger partial charge < -0.3 is 29.1 Å². The second-order valence-electron chi connectivity index (χ2n) is 26.0. The molecule has 6 aromatic rings. The van der Waals surface area contributed by atoms with Crippen molar-refractivity contribution in [3.8, 4) is 0 Å². The third-order valence-electron chi connectivity index (χ3n) is 20.7. The minimum absolute atomic E-state index is 0.118. The number of ether oxygens (including phenoxy) is 2. The lowest BCUT2D eigenvalue weighted by atomic mass is 9.84. The van der Waals surface area contributed by atoms with Gasteiger partial charge in [0.2, 0.25) is 0 Å². The highest BCUT2D eigenvalue weighted by molar-refractivity contribution is 6.30. The van der Waals surface area contributed by atoms with Crippen molar-refractivity contribution < 1.29 is 19.1 Å². The molecule has 6 fully saturated rings. The normalized spacial score (nSPS) is 22.2. The number of hydrogen-bond donors (Lipinski definition) is 0. The van der Waals surface area contributed by atoms with E-state index in [0.29, 0.717) is 72.5 Å². The van der Waals surface area contributed by atoms with E-state index in [4.69, 9.17) is 9.47 Å². The van der Waals surface area contributed by atoms with Crippen molar-refractivity contribution in [2.45, 2.75) is 190 Å². The first kappa shape index (κ1) is 55.2. The zero-order chi connectivity index (χ0) is 56.3. The molecule has 2 amide bonds. The SMILES string of the molecule is O=C1C2=C(c3ccc(N(c4ccc(C5CCCCC5)cc4)c4ccc(C5CCCCC5)cc4)cc3)N(CC3CCCO3)C(=O)C2=C(c2ccc(N(c3ccc(C4CCCCC4)cc3)c3ccc(C4CCCCC4)cc3)cc2)N1CC1CCCO1. The molecule has 4 aliphatic carbocycles. The molecule has 84 heavy (non-hydrogen) atoms. The van der Waals surface area contributed by atoms with Crippen LogP contribution in [0.2, 0.25) is 0 Å². The standard InChI is InChI=1S/C76H86N4O4/c81-75-71-72(74(78(75)52-70-24-14-50-84-70)62-35-47-68(48-36-62)80(65-41-29-59(30-42-65)55-19-9-3-10-20-55)66-43-31-60(32-44-66)56-21-11-4-12-22-56)76(82)77(51-69-23-13-49-83-69)73(71)61-33-45-67(46-34-61)79(63-37-25-57(26-38-63)53-15-5-1-6-16-53)64-39-27-58(28-40-64)54-17-7-2-8-18-54/h25-48,53-56,69-70H,1-24,49-52H2. The second kappa shape index (κ2) is 25.1. The first-order valence-electron chi connectivity index (χ1n) is 33.1. The highest BCUT2D eigenvalue weighted by Crippen LogP contribution is 2.50. The van der Waals surface area contributed by atoms with E-state index in [1.165, 1.54) is 151 Å². The highest BCUT2D eigenvalue weighted by Gasteiger charge is 2.50. The minimum atomic E-state index is -0.141. The van der Waals surface area contributed by atoms with Crippen LogP contribution in [-0.2, 0) is 19.1 Å². The summed E-state index contributed by atoms with van der Waals surface area (Å²) in [5, 5.41) is 0. The van der Waals surface area contributed by atoms with E-state index < -0.39 is 0 Å². The van der Waals surface area contributed by atoms with Crippen LogP contribution in [0, 0.1) is 0 Å². The van der Waals surface area contributed by atoms with Gasteiger partial charge in [-0.25, -0.2) is 0 Å². The maximum Gasteiger partial charge on any atom is 0.261 e. The van der Waals surface area contributed by atoms with Crippen molar-refractivity contribution in [2.24, 2.45) is 0 Å². The molecule has 0 radical (unpaired) electrons. The molecule has 0 spiro atoms. The summed E-state index contributed by atoms with van der Waals surface area (Å²) in [4.78, 5) is 39.9. The number of carbonyl (C=O) groups is 2. The maximum absolute atomic E-state index is 15.7. The van der Waals surface area contributed by atoms with Crippen LogP contribution in [0.4, 0.5) is 34.1 Å². The van der Waals surface area contributed by atoms with Crippen LogP contribution < -0.4 is 9.80 Å². The van der Waals surface area contributed by atoms with E-state index in [1.807, 2.05) is 9.80 Å². The lowest BCUT2D eigenvalue weighted by Gasteiger charge is -2.29. The van der Waals surface area contributed by atoms with Crippen LogP contribution in [0.1, 0.15) is 211 Å². The van der Waals surface area contributed by atoms with E-state index in [-0.39, 0.29) is 24.0 Å². The maximum atomic E-state index is 15.7. The van der Waals surface area contributed by atoms with E-state index in [0.717, 1.165) is 70.9 Å². The lowest BCUT2D eigenvalue weighted by molar-refractivity contribution is -0.125. The Morgan fingerprint density at radius 3 is 0.798 bits per heavy atom. The van der Waals surface area contributed by atoms with Gasteiger partial charge in [0.05, 0.1) is 47.8 Å². The topological polar surface area (TPSA) is 65.6 Å². The van der Waals surface area contributed by atoms with Gasteiger partial charge in [-0.3, -0.25) is 9.59 Å². The first-order chi connectivity index (χ1) is 41.5. The quantitative estimate of drug-likeness (QED) is 0.0962. The Labute approximate surface area is 499 Å². The minimum Gasteiger partial charge on any atom is -0.376 e. The molecule has 2 unspecified atom stereocenters. The number of anilines is 6. The number of nitrogens with zero attached hydrogens (tertiary/aromatic N) is 4. The zero-order valence-electron chi connectivity index (χ0n) is 49.5. The van der Waals surface area contributed by atoms with Crippen molar-refractivity contribution >= 4 is 57.3 Å². The summed E-state index contributed by atoms with van der Waals surface area (Å²) in [7, 11) is 0. The summed E-state index contributed by atoms with van der Waals surface area (Å²) in [6, 6.07) is 54.6. The van der Waals surface area contributed by atoms with Crippen LogP contribution in [-0.4, -0.2) is 60.1 Å². The zero-order valence-corrected chi connectivity index (χ0v) is 49.5. The lowest BCUT2D eigenvalue weighted by Crippen LogP contribution is -2.36. The number of hydrogen-bond acceptors (Lipinski definition) is 6. The van der Waals surface area contributed by atoms with E-state index in [9.17, 15) is 0 Å². The molecular weight excluding hydrogens is 1030 g/mol. The predicted octanol–water partition coefficient (Wildman–Crippen LogP) is 19.0. The van der Waals surface area contributed by atoms with Gasteiger partial charge in [-0.2, -0.15) is 0 Å². The van der Waals surface area contributed by atoms with Crippen molar-refractivity contribution in [1.29, 1.82) is 0 Å². The van der Waals surface area contributed by atoms with Crippen LogP contribution in [0.3, 0.4) is 0 Å². The van der Waals surface area contributed by atoms with Gasteiger partial charge in [-0.15, -0.1) is 0 Å². The van der Waals surface area contributed by atoms with Gasteiger partial charge in [0.1, 0.15) is 0 Å². The average Bonchev–Trinajstić information content (AvgIpc) is 1.88. The Bertz CT molecular complexity index is 2950. The van der Waals surface area contributed by atoms with Gasteiger partial charge in [0, 0.05) is 47.3 Å². The molecule has 2 atom stereocenters. The molecule has 434 valence electrons. The molecule has 0 bridgehead atoms. The van der Waals surface area contributed by atoms with E-state index in [1.54, 1.807) is 0 Å². The van der Waals surface area contributed by atoms with Gasteiger partial charge in [-0.05, 0) is 207 Å². The van der Waals surface area contributed by atoms with E-state index >= 15 is 9.59 Å². The van der Waals surface area contributed by atoms with Crippen LogP contribution in [0.25, 0.3) is 11.4 Å². The summed E-state index contributed by atoms with van der Waals surface area (Å²) >= 11 is 0. The van der Waals surface area contributed by atoms with E-state index in [2.05, 4.69) is 155 Å². The molecule has 4 aliphatic heterocycles. The summed E-state index contributed by atoms with van der Waals surface area (Å²) in [5.41, 5.74) is 16.3. The Kier molecular flexibility index (Phi) is 16.5. The number of amides is 2. The molecular formula is C76H86N4O4. The van der Waals surface area contributed by atoms with Crippen molar-refractivity contribution in [2.75, 3.05) is 36.1 Å². The molecule has 14 rings (SSSR count). The first-order valence-corrected chi connectivity index (χ1v) is 33.1. The summed E-state index contributed by atoms with van der Waals surface area (Å²) in [6.07, 6.45) is 29.3. The molecule has 8 nitrogen and oxygen atoms in total. The Balaban J connectivity index is 0.841. The molecule has 0 N–H and O–H groups in total. The van der Waals surface area contributed by atoms with Crippen LogP contribution in [0.5, 0.6) is 0 Å². The second-order valence-corrected chi connectivity index (χ2v) is 26.0. The number of benzene rings is 6. The van der Waals surface area contributed by atoms with Gasteiger partial charge >= 0.3 is 0 Å². The van der Waals surface area contributed by atoms with Gasteiger partial charge in [0.25, 0.3) is 11.8 Å². The summed E-state index contributed by atoms with van der Waals surface area (Å²) < 4.78 is 12.6. The van der Waals surface area contributed by atoms with Gasteiger partial charge in [0.15, 0.2) is 0 Å². The molecule has 0 aromatic heterocycles. The molecule has 6 aromatic carbocycles. The molecule has 4 saturated carbocycles. The largest absolute Gasteiger partial charge is 0.376 e. The Morgan fingerprint density at radius 2 is 0.560 bits per heavy atom. The smallest absolute Gasteiger partial charge is 0.261 e. The number of rotatable bonds is 16. The van der Waals surface area contributed by atoms with Crippen LogP contribution >= 0.6 is 0 Å². The Hall–Kier alpha value is -6.74. The van der Waals surface area contributed by atoms with Crippen LogP contribution in [0.15, 0.2) is 157 Å². The van der Waals surface area contributed by atoms with Crippen molar-refractivity contribution in [1.82, 2.24) is 9.80 Å². The highest BCUT2D eigenvalue weighted by atomic mass is 16.5. The number of fused-ring (bicyclic) bond motifs is 1. The summed E-state index contributed by atoms with van der Waals surface area (Å²) in [6.45, 7) is 2.12. The molecule has 2 saturated heterocycles. The average molecular weight is 1120 g/mol. The molecule has 8 heteroatoms. The fourth-order valence-corrected chi connectivity index (χ4v) is 16.1. The van der Waals surface area contributed by atoms with Crippen molar-refractivity contribution in [3.63, 3.8) is 0 Å². The fourth-order valence-electron chi connectivity index (χ4n) is 16.1. The predicted molar refractivity (Wildman–Crippen MR) is 341 cm³/mol.